The van der Waals surface area contributed by atoms with Crippen molar-refractivity contribution in [2.45, 2.75) is 6.04 Å². The number of carbonyl (C=O) groups excluding carboxylic acids is 2. The van der Waals surface area contributed by atoms with Crippen molar-refractivity contribution in [1.82, 2.24) is 20.4 Å². The van der Waals surface area contributed by atoms with E-state index in [1.807, 2.05) is 0 Å². The number of imide groups is 1. The van der Waals surface area contributed by atoms with E-state index in [0.717, 1.165) is 26.2 Å². The second kappa shape index (κ2) is 5.79. The zero-order chi connectivity index (χ0) is 14.8. The lowest BCUT2D eigenvalue weighted by molar-refractivity contribution is -0.129. The highest BCUT2D eigenvalue weighted by atomic mass is 19.1. The maximum Gasteiger partial charge on any atom is 0.326 e. The van der Waals surface area contributed by atoms with E-state index in [-0.39, 0.29) is 11.7 Å². The second-order valence-electron chi connectivity index (χ2n) is 5.21. The van der Waals surface area contributed by atoms with Crippen molar-refractivity contribution in [2.75, 3.05) is 32.8 Å². The van der Waals surface area contributed by atoms with Crippen LogP contribution in [0.2, 0.25) is 0 Å². The smallest absolute Gasteiger partial charge is 0.322 e. The van der Waals surface area contributed by atoms with Gasteiger partial charge in [-0.2, -0.15) is 0 Å². The molecule has 2 heterocycles. The molecule has 2 N–H and O–H groups in total. The highest BCUT2D eigenvalue weighted by Crippen LogP contribution is 2.22. The minimum Gasteiger partial charge on any atom is -0.322 e. The molecule has 0 radical (unpaired) electrons. The number of urea groups is 1. The Morgan fingerprint density at radius 1 is 1.14 bits per heavy atom. The van der Waals surface area contributed by atoms with Gasteiger partial charge in [-0.05, 0) is 17.7 Å². The quantitative estimate of drug-likeness (QED) is 0.786. The highest BCUT2D eigenvalue weighted by Gasteiger charge is 2.39. The summed E-state index contributed by atoms with van der Waals surface area (Å²) in [6.45, 7) is 3.61. The van der Waals surface area contributed by atoms with E-state index < -0.39 is 12.1 Å². The van der Waals surface area contributed by atoms with Crippen LogP contribution >= 0.6 is 0 Å². The topological polar surface area (TPSA) is 64.7 Å². The van der Waals surface area contributed by atoms with E-state index in [9.17, 15) is 14.0 Å². The van der Waals surface area contributed by atoms with Crippen molar-refractivity contribution < 1.29 is 14.0 Å². The Labute approximate surface area is 121 Å². The van der Waals surface area contributed by atoms with Gasteiger partial charge in [0.25, 0.3) is 5.91 Å². The van der Waals surface area contributed by atoms with E-state index >= 15 is 0 Å². The van der Waals surface area contributed by atoms with Gasteiger partial charge in [0, 0.05) is 26.2 Å². The van der Waals surface area contributed by atoms with Crippen LogP contribution in [-0.4, -0.2) is 54.6 Å². The molecule has 1 atom stereocenters. The molecular formula is C14H17FN4O2. The number of rotatable bonds is 3. The summed E-state index contributed by atoms with van der Waals surface area (Å²) in [5, 5.41) is 5.87. The van der Waals surface area contributed by atoms with E-state index in [0.29, 0.717) is 12.2 Å². The van der Waals surface area contributed by atoms with Gasteiger partial charge in [0.1, 0.15) is 11.9 Å². The molecule has 0 bridgehead atoms. The average Bonchev–Trinajstić information content (AvgIpc) is 2.77. The molecular weight excluding hydrogens is 275 g/mol. The standard InChI is InChI=1S/C14H17FN4O2/c15-11-3-1-10(2-4-11)12-13(20)19(14(21)17-12)9-18-7-5-16-6-8-18/h1-4,12,16H,5-9H2,(H,17,21). The number of nitrogens with zero attached hydrogens (tertiary/aromatic N) is 2. The molecule has 112 valence electrons. The molecule has 0 aliphatic carbocycles. The number of amides is 3. The van der Waals surface area contributed by atoms with Crippen LogP contribution in [0, 0.1) is 5.82 Å². The van der Waals surface area contributed by atoms with E-state index in [2.05, 4.69) is 15.5 Å². The van der Waals surface area contributed by atoms with Crippen LogP contribution in [0.5, 0.6) is 0 Å². The summed E-state index contributed by atoms with van der Waals surface area (Å²) in [6.07, 6.45) is 0. The SMILES string of the molecule is O=C1NC(c2ccc(F)cc2)C(=O)N1CN1CCNCC1. The number of hydrogen-bond donors (Lipinski definition) is 2. The highest BCUT2D eigenvalue weighted by molar-refractivity contribution is 6.04. The lowest BCUT2D eigenvalue weighted by Gasteiger charge is -2.29. The van der Waals surface area contributed by atoms with Crippen LogP contribution in [-0.2, 0) is 4.79 Å². The van der Waals surface area contributed by atoms with Gasteiger partial charge in [-0.15, -0.1) is 0 Å². The van der Waals surface area contributed by atoms with Gasteiger partial charge < -0.3 is 10.6 Å². The van der Waals surface area contributed by atoms with Gasteiger partial charge in [0.2, 0.25) is 0 Å². The number of nitrogens with one attached hydrogen (secondary N) is 2. The van der Waals surface area contributed by atoms with Crippen LogP contribution in [0.4, 0.5) is 9.18 Å². The molecule has 1 aromatic rings. The van der Waals surface area contributed by atoms with Crippen LogP contribution < -0.4 is 10.6 Å². The van der Waals surface area contributed by atoms with Crippen LogP contribution in [0.3, 0.4) is 0 Å². The Morgan fingerprint density at radius 3 is 2.48 bits per heavy atom. The number of carbonyl (C=O) groups is 2. The monoisotopic (exact) mass is 292 g/mol. The van der Waals surface area contributed by atoms with Crippen molar-refractivity contribution in [2.24, 2.45) is 0 Å². The Hall–Kier alpha value is -1.99. The lowest BCUT2D eigenvalue weighted by atomic mass is 10.1. The fourth-order valence-electron chi connectivity index (χ4n) is 2.59. The number of piperazine rings is 1. The zero-order valence-corrected chi connectivity index (χ0v) is 11.5. The van der Waals surface area contributed by atoms with E-state index in [1.165, 1.54) is 29.2 Å². The number of hydrogen-bond acceptors (Lipinski definition) is 4. The molecule has 7 heteroatoms. The first kappa shape index (κ1) is 14.0. The molecule has 3 amide bonds. The van der Waals surface area contributed by atoms with Gasteiger partial charge in [-0.3, -0.25) is 9.69 Å². The summed E-state index contributed by atoms with van der Waals surface area (Å²) in [5.41, 5.74) is 0.595. The molecule has 2 aliphatic heterocycles. The third kappa shape index (κ3) is 2.88. The number of benzene rings is 1. The molecule has 0 spiro atoms. The molecule has 2 aliphatic rings. The summed E-state index contributed by atoms with van der Waals surface area (Å²) in [7, 11) is 0. The first-order chi connectivity index (χ1) is 10.1. The molecule has 0 saturated carbocycles. The molecule has 2 saturated heterocycles. The maximum atomic E-state index is 12.9. The van der Waals surface area contributed by atoms with Crippen molar-refractivity contribution in [3.8, 4) is 0 Å². The molecule has 0 aromatic heterocycles. The van der Waals surface area contributed by atoms with Gasteiger partial charge in [0.05, 0.1) is 6.67 Å². The van der Waals surface area contributed by atoms with Crippen molar-refractivity contribution >= 4 is 11.9 Å². The van der Waals surface area contributed by atoms with Gasteiger partial charge in [-0.25, -0.2) is 14.1 Å². The first-order valence-electron chi connectivity index (χ1n) is 6.95. The summed E-state index contributed by atoms with van der Waals surface area (Å²) >= 11 is 0. The van der Waals surface area contributed by atoms with Gasteiger partial charge >= 0.3 is 6.03 Å². The zero-order valence-electron chi connectivity index (χ0n) is 11.5. The third-order valence-corrected chi connectivity index (χ3v) is 3.78. The van der Waals surface area contributed by atoms with E-state index in [1.54, 1.807) is 0 Å². The summed E-state index contributed by atoms with van der Waals surface area (Å²) in [4.78, 5) is 27.6. The Bertz CT molecular complexity index is 542. The number of halogens is 1. The minimum atomic E-state index is -0.721. The lowest BCUT2D eigenvalue weighted by Crippen LogP contribution is -2.49. The fraction of sp³-hybridized carbons (Fsp3) is 0.429. The Morgan fingerprint density at radius 2 is 1.81 bits per heavy atom. The molecule has 3 rings (SSSR count). The van der Waals surface area contributed by atoms with Crippen molar-refractivity contribution in [1.29, 1.82) is 0 Å². The van der Waals surface area contributed by atoms with Crippen LogP contribution in [0.15, 0.2) is 24.3 Å². The summed E-state index contributed by atoms with van der Waals surface area (Å²) in [6, 6.07) is 4.49. The molecule has 2 fully saturated rings. The van der Waals surface area contributed by atoms with Crippen molar-refractivity contribution in [3.63, 3.8) is 0 Å². The third-order valence-electron chi connectivity index (χ3n) is 3.78. The maximum absolute atomic E-state index is 12.9. The molecule has 6 nitrogen and oxygen atoms in total. The van der Waals surface area contributed by atoms with Crippen LogP contribution in [0.1, 0.15) is 11.6 Å². The summed E-state index contributed by atoms with van der Waals surface area (Å²) in [5.74, 6) is -0.654. The van der Waals surface area contributed by atoms with Gasteiger partial charge in [0.15, 0.2) is 0 Å². The van der Waals surface area contributed by atoms with Gasteiger partial charge in [-0.1, -0.05) is 12.1 Å². The van der Waals surface area contributed by atoms with E-state index in [4.69, 9.17) is 0 Å². The van der Waals surface area contributed by atoms with Crippen LogP contribution in [0.25, 0.3) is 0 Å². The predicted octanol–water partition coefficient (Wildman–Crippen LogP) is 0.281. The Kier molecular flexibility index (Phi) is 3.85. The summed E-state index contributed by atoms with van der Waals surface area (Å²) < 4.78 is 12.9. The normalized spacial score (nSPS) is 23.5. The fourth-order valence-corrected chi connectivity index (χ4v) is 2.59. The molecule has 1 unspecified atom stereocenters. The first-order valence-corrected chi connectivity index (χ1v) is 6.95. The largest absolute Gasteiger partial charge is 0.326 e. The molecule has 21 heavy (non-hydrogen) atoms. The second-order valence-corrected chi connectivity index (χ2v) is 5.21. The predicted molar refractivity (Wildman–Crippen MR) is 73.8 cm³/mol. The minimum absolute atomic E-state index is 0.287. The van der Waals surface area contributed by atoms with Crippen molar-refractivity contribution in [3.05, 3.63) is 35.6 Å². The Balaban J connectivity index is 1.71. The molecule has 1 aromatic carbocycles. The average molecular weight is 292 g/mol.